The highest BCUT2D eigenvalue weighted by Crippen LogP contribution is 2.32. The van der Waals surface area contributed by atoms with E-state index in [0.29, 0.717) is 29.7 Å². The highest BCUT2D eigenvalue weighted by Gasteiger charge is 2.31. The number of rotatable bonds is 7. The smallest absolute Gasteiger partial charge is 0.322 e. The highest BCUT2D eigenvalue weighted by atomic mass is 16.2. The van der Waals surface area contributed by atoms with Crippen molar-refractivity contribution in [1.82, 2.24) is 9.97 Å². The van der Waals surface area contributed by atoms with Gasteiger partial charge in [0.05, 0.1) is 17.9 Å². The molecule has 3 amide bonds. The summed E-state index contributed by atoms with van der Waals surface area (Å²) < 4.78 is 0. The molecule has 0 saturated heterocycles. The number of fused-ring (bicyclic) bond motifs is 1. The first-order valence-electron chi connectivity index (χ1n) is 11.7. The van der Waals surface area contributed by atoms with Crippen LogP contribution in [0.4, 0.5) is 33.6 Å². The Morgan fingerprint density at radius 2 is 1.83 bits per heavy atom. The lowest BCUT2D eigenvalue weighted by molar-refractivity contribution is -0.111. The van der Waals surface area contributed by atoms with E-state index in [2.05, 4.69) is 59.2 Å². The van der Waals surface area contributed by atoms with Crippen LogP contribution in [-0.2, 0) is 24.2 Å². The van der Waals surface area contributed by atoms with E-state index < -0.39 is 0 Å². The SMILES string of the molecule is C=CC(=O)Nc1ccc(C)cc1Nc1ncc2c(n1)N(C)C(=O)N(c1cc(CC)cc(CC)c1)C2. The van der Waals surface area contributed by atoms with Crippen molar-refractivity contribution in [2.24, 2.45) is 0 Å². The van der Waals surface area contributed by atoms with Crippen molar-refractivity contribution in [3.8, 4) is 0 Å². The average Bonchev–Trinajstić information content (AvgIpc) is 2.87. The predicted octanol–water partition coefficient (Wildman–Crippen LogP) is 5.35. The molecule has 8 heteroatoms. The molecule has 0 fully saturated rings. The highest BCUT2D eigenvalue weighted by molar-refractivity contribution is 6.05. The van der Waals surface area contributed by atoms with Crippen LogP contribution in [0.1, 0.15) is 36.1 Å². The van der Waals surface area contributed by atoms with Gasteiger partial charge in [0.2, 0.25) is 11.9 Å². The predicted molar refractivity (Wildman–Crippen MR) is 141 cm³/mol. The van der Waals surface area contributed by atoms with Crippen molar-refractivity contribution in [2.45, 2.75) is 40.2 Å². The molecule has 1 aromatic heterocycles. The van der Waals surface area contributed by atoms with Crippen molar-refractivity contribution >= 4 is 40.8 Å². The van der Waals surface area contributed by atoms with E-state index in [1.165, 1.54) is 17.2 Å². The number of carbonyl (C=O) groups is 2. The summed E-state index contributed by atoms with van der Waals surface area (Å²) in [4.78, 5) is 37.6. The van der Waals surface area contributed by atoms with Gasteiger partial charge in [-0.3, -0.25) is 14.6 Å². The number of benzene rings is 2. The van der Waals surface area contributed by atoms with E-state index in [9.17, 15) is 9.59 Å². The molecule has 8 nitrogen and oxygen atoms in total. The Morgan fingerprint density at radius 3 is 2.49 bits per heavy atom. The van der Waals surface area contributed by atoms with Gasteiger partial charge in [0.15, 0.2) is 0 Å². The van der Waals surface area contributed by atoms with Crippen molar-refractivity contribution < 1.29 is 9.59 Å². The zero-order valence-corrected chi connectivity index (χ0v) is 20.6. The molecule has 35 heavy (non-hydrogen) atoms. The van der Waals surface area contributed by atoms with Crippen LogP contribution in [0.3, 0.4) is 0 Å². The van der Waals surface area contributed by atoms with Gasteiger partial charge in [0.25, 0.3) is 0 Å². The van der Waals surface area contributed by atoms with Crippen LogP contribution in [0.5, 0.6) is 0 Å². The largest absolute Gasteiger partial charge is 0.330 e. The van der Waals surface area contributed by atoms with Crippen LogP contribution >= 0.6 is 0 Å². The van der Waals surface area contributed by atoms with Crippen LogP contribution in [0.25, 0.3) is 0 Å². The number of aryl methyl sites for hydroxylation is 3. The van der Waals surface area contributed by atoms with Crippen LogP contribution in [0.15, 0.2) is 55.3 Å². The fraction of sp³-hybridized carbons (Fsp3) is 0.259. The van der Waals surface area contributed by atoms with E-state index in [-0.39, 0.29) is 11.9 Å². The van der Waals surface area contributed by atoms with Crippen molar-refractivity contribution in [3.05, 3.63) is 77.5 Å². The van der Waals surface area contributed by atoms with Crippen LogP contribution in [0.2, 0.25) is 0 Å². The molecule has 0 saturated carbocycles. The molecule has 180 valence electrons. The fourth-order valence-corrected chi connectivity index (χ4v) is 4.05. The lowest BCUT2D eigenvalue weighted by atomic mass is 10.0. The first-order valence-corrected chi connectivity index (χ1v) is 11.7. The third-order valence-electron chi connectivity index (χ3n) is 6.04. The maximum absolute atomic E-state index is 13.3. The summed E-state index contributed by atoms with van der Waals surface area (Å²) in [6.07, 6.45) is 4.76. The van der Waals surface area contributed by atoms with Gasteiger partial charge < -0.3 is 10.6 Å². The number of hydrogen-bond acceptors (Lipinski definition) is 5. The van der Waals surface area contributed by atoms with Crippen LogP contribution < -0.4 is 20.4 Å². The quantitative estimate of drug-likeness (QED) is 0.454. The van der Waals surface area contributed by atoms with Gasteiger partial charge in [-0.05, 0) is 66.8 Å². The van der Waals surface area contributed by atoms with Crippen LogP contribution in [-0.4, -0.2) is 29.0 Å². The van der Waals surface area contributed by atoms with Crippen molar-refractivity contribution in [1.29, 1.82) is 0 Å². The molecule has 1 aliphatic heterocycles. The minimum absolute atomic E-state index is 0.146. The summed E-state index contributed by atoms with van der Waals surface area (Å²) in [6.45, 7) is 10.1. The molecule has 0 bridgehead atoms. The summed E-state index contributed by atoms with van der Waals surface area (Å²) in [5.74, 6) is 0.570. The normalized spacial score (nSPS) is 12.9. The monoisotopic (exact) mass is 470 g/mol. The van der Waals surface area contributed by atoms with Gasteiger partial charge in [-0.2, -0.15) is 4.98 Å². The number of nitrogens with one attached hydrogen (secondary N) is 2. The number of anilines is 5. The Bertz CT molecular complexity index is 1280. The van der Waals surface area contributed by atoms with Crippen molar-refractivity contribution in [2.75, 3.05) is 27.5 Å². The van der Waals surface area contributed by atoms with Gasteiger partial charge in [0, 0.05) is 24.5 Å². The number of urea groups is 1. The number of amides is 3. The maximum atomic E-state index is 13.3. The number of hydrogen-bond donors (Lipinski definition) is 2. The van der Waals surface area contributed by atoms with Gasteiger partial charge in [-0.15, -0.1) is 0 Å². The lowest BCUT2D eigenvalue weighted by Crippen LogP contribution is -2.46. The maximum Gasteiger partial charge on any atom is 0.330 e. The Kier molecular flexibility index (Phi) is 6.82. The van der Waals surface area contributed by atoms with Gasteiger partial charge >= 0.3 is 6.03 Å². The first kappa shape index (κ1) is 23.9. The molecular weight excluding hydrogens is 440 g/mol. The minimum Gasteiger partial charge on any atom is -0.322 e. The lowest BCUT2D eigenvalue weighted by Gasteiger charge is -2.34. The molecular formula is C27H30N6O2. The van der Waals surface area contributed by atoms with E-state index in [4.69, 9.17) is 0 Å². The third kappa shape index (κ3) is 5.01. The molecule has 0 spiro atoms. The fourth-order valence-electron chi connectivity index (χ4n) is 4.05. The second-order valence-electron chi connectivity index (χ2n) is 8.55. The average molecular weight is 471 g/mol. The summed E-state index contributed by atoms with van der Waals surface area (Å²) >= 11 is 0. The molecule has 3 aromatic rings. The number of carbonyl (C=O) groups excluding carboxylic acids is 2. The second kappa shape index (κ2) is 9.97. The Morgan fingerprint density at radius 1 is 1.11 bits per heavy atom. The Balaban J connectivity index is 1.64. The molecule has 2 aromatic carbocycles. The van der Waals surface area contributed by atoms with E-state index in [0.717, 1.165) is 29.7 Å². The van der Waals surface area contributed by atoms with Gasteiger partial charge in [0.1, 0.15) is 5.82 Å². The zero-order chi connectivity index (χ0) is 25.1. The zero-order valence-electron chi connectivity index (χ0n) is 20.6. The minimum atomic E-state index is -0.313. The van der Waals surface area contributed by atoms with E-state index >= 15 is 0 Å². The van der Waals surface area contributed by atoms with E-state index in [1.54, 1.807) is 29.1 Å². The summed E-state index contributed by atoms with van der Waals surface area (Å²) in [5.41, 5.74) is 6.37. The molecule has 0 radical (unpaired) electrons. The molecule has 2 N–H and O–H groups in total. The summed E-state index contributed by atoms with van der Waals surface area (Å²) in [7, 11) is 1.72. The number of nitrogens with zero attached hydrogens (tertiary/aromatic N) is 4. The third-order valence-corrected chi connectivity index (χ3v) is 6.04. The standard InChI is InChI=1S/C27H30N6O2/c1-6-18-12-19(7-2)14-21(13-18)33-16-20-15-28-26(31-25(20)32(5)27(33)35)30-23-11-17(4)9-10-22(23)29-24(34)8-3/h8-15H,3,6-7,16H2,1-2,4-5H3,(H,29,34)(H,28,30,31). The van der Waals surface area contributed by atoms with Crippen LogP contribution in [0, 0.1) is 6.92 Å². The second-order valence-corrected chi connectivity index (χ2v) is 8.55. The molecule has 0 aliphatic carbocycles. The summed E-state index contributed by atoms with van der Waals surface area (Å²) in [6, 6.07) is 11.8. The molecule has 1 aliphatic rings. The van der Waals surface area contributed by atoms with Gasteiger partial charge in [-0.1, -0.05) is 32.6 Å². The molecule has 2 heterocycles. The molecule has 0 atom stereocenters. The number of aromatic nitrogens is 2. The molecule has 4 rings (SSSR count). The van der Waals surface area contributed by atoms with E-state index in [1.807, 2.05) is 19.1 Å². The van der Waals surface area contributed by atoms with Gasteiger partial charge in [-0.25, -0.2) is 9.78 Å². The summed E-state index contributed by atoms with van der Waals surface area (Å²) in [5, 5.41) is 5.96. The van der Waals surface area contributed by atoms with Crippen molar-refractivity contribution in [3.63, 3.8) is 0 Å². The molecule has 0 unspecified atom stereocenters. The Labute approximate surface area is 205 Å². The topological polar surface area (TPSA) is 90.5 Å². The Hall–Kier alpha value is -4.20. The first-order chi connectivity index (χ1) is 16.8.